The Morgan fingerprint density at radius 1 is 1.25 bits per heavy atom. The van der Waals surface area contributed by atoms with Gasteiger partial charge in [-0.1, -0.05) is 26.7 Å². The van der Waals surface area contributed by atoms with Gasteiger partial charge in [-0.05, 0) is 50.8 Å². The first kappa shape index (κ1) is 16.4. The Kier molecular flexibility index (Phi) is 7.47. The fourth-order valence-corrected chi connectivity index (χ4v) is 5.26. The lowest BCUT2D eigenvalue weighted by Crippen LogP contribution is -2.34. The third kappa shape index (κ3) is 5.42. The second-order valence-electron chi connectivity index (χ2n) is 5.82. The molecule has 2 rings (SSSR count). The molecule has 0 saturated heterocycles. The van der Waals surface area contributed by atoms with Crippen LogP contribution in [0.3, 0.4) is 0 Å². The summed E-state index contributed by atoms with van der Waals surface area (Å²) in [5, 5.41) is 4.70. The molecule has 20 heavy (non-hydrogen) atoms. The average molecular weight is 312 g/mol. The third-order valence-corrected chi connectivity index (χ3v) is 6.82. The smallest absolute Gasteiger partial charge is 0.0206 e. The molecular weight excluding hydrogens is 282 g/mol. The van der Waals surface area contributed by atoms with Crippen LogP contribution in [0.4, 0.5) is 0 Å². The van der Waals surface area contributed by atoms with Crippen LogP contribution >= 0.6 is 23.1 Å². The summed E-state index contributed by atoms with van der Waals surface area (Å²) in [7, 11) is 0. The molecule has 0 amide bonds. The van der Waals surface area contributed by atoms with Crippen molar-refractivity contribution in [2.45, 2.75) is 70.1 Å². The Labute approximate surface area is 132 Å². The predicted octanol–water partition coefficient (Wildman–Crippen LogP) is 4.90. The normalized spacial score (nSPS) is 17.7. The zero-order valence-corrected chi connectivity index (χ0v) is 14.6. The Morgan fingerprint density at radius 3 is 2.65 bits per heavy atom. The number of hydrogen-bond acceptors (Lipinski definition) is 3. The van der Waals surface area contributed by atoms with Crippen LogP contribution in [0, 0.1) is 0 Å². The van der Waals surface area contributed by atoms with Crippen LogP contribution in [0.25, 0.3) is 0 Å². The summed E-state index contributed by atoms with van der Waals surface area (Å²) in [6.07, 6.45) is 9.42. The number of rotatable bonds is 9. The maximum absolute atomic E-state index is 3.75. The molecule has 1 fully saturated rings. The molecule has 1 aliphatic carbocycles. The first-order valence-corrected chi connectivity index (χ1v) is 10.1. The first-order valence-electron chi connectivity index (χ1n) is 8.24. The van der Waals surface area contributed by atoms with Crippen molar-refractivity contribution < 1.29 is 0 Å². The van der Waals surface area contributed by atoms with E-state index >= 15 is 0 Å². The van der Waals surface area contributed by atoms with Crippen LogP contribution in [0.15, 0.2) is 12.1 Å². The quantitative estimate of drug-likeness (QED) is 0.696. The van der Waals surface area contributed by atoms with Gasteiger partial charge in [0, 0.05) is 26.8 Å². The third-order valence-electron chi connectivity index (χ3n) is 4.03. The Hall–Kier alpha value is 0.01000. The zero-order chi connectivity index (χ0) is 14.2. The van der Waals surface area contributed by atoms with Crippen molar-refractivity contribution in [1.82, 2.24) is 5.32 Å². The number of aryl methyl sites for hydroxylation is 1. The van der Waals surface area contributed by atoms with Crippen molar-refractivity contribution in [2.75, 3.05) is 12.3 Å². The van der Waals surface area contributed by atoms with Gasteiger partial charge in [-0.15, -0.1) is 11.3 Å². The maximum Gasteiger partial charge on any atom is 0.0206 e. The summed E-state index contributed by atoms with van der Waals surface area (Å²) in [5.41, 5.74) is 0. The number of thiophene rings is 1. The van der Waals surface area contributed by atoms with Crippen molar-refractivity contribution in [3.8, 4) is 0 Å². The molecule has 3 heteroatoms. The summed E-state index contributed by atoms with van der Waals surface area (Å²) in [5.74, 6) is 1.28. The topological polar surface area (TPSA) is 12.0 Å². The van der Waals surface area contributed by atoms with Crippen molar-refractivity contribution in [2.24, 2.45) is 0 Å². The van der Waals surface area contributed by atoms with Gasteiger partial charge in [0.25, 0.3) is 0 Å². The molecule has 1 unspecified atom stereocenters. The fourth-order valence-electron chi connectivity index (χ4n) is 2.81. The molecule has 1 aromatic heterocycles. The van der Waals surface area contributed by atoms with Gasteiger partial charge in [0.1, 0.15) is 0 Å². The van der Waals surface area contributed by atoms with Gasteiger partial charge < -0.3 is 5.32 Å². The largest absolute Gasteiger partial charge is 0.313 e. The van der Waals surface area contributed by atoms with Crippen LogP contribution < -0.4 is 5.32 Å². The molecule has 0 bridgehead atoms. The first-order chi connectivity index (χ1) is 9.81. The fraction of sp³-hybridized carbons (Fsp3) is 0.765. The van der Waals surface area contributed by atoms with Crippen LogP contribution in [0.1, 0.15) is 55.7 Å². The highest BCUT2D eigenvalue weighted by Crippen LogP contribution is 2.30. The summed E-state index contributed by atoms with van der Waals surface area (Å²) >= 11 is 4.22. The van der Waals surface area contributed by atoms with Crippen molar-refractivity contribution in [3.63, 3.8) is 0 Å². The number of nitrogens with one attached hydrogen (secondary N) is 1. The minimum Gasteiger partial charge on any atom is -0.313 e. The van der Waals surface area contributed by atoms with Crippen molar-refractivity contribution in [1.29, 1.82) is 0 Å². The number of thioether (sulfide) groups is 1. The zero-order valence-electron chi connectivity index (χ0n) is 13.0. The van der Waals surface area contributed by atoms with E-state index in [0.717, 1.165) is 11.8 Å². The van der Waals surface area contributed by atoms with Crippen molar-refractivity contribution in [3.05, 3.63) is 21.9 Å². The van der Waals surface area contributed by atoms with Crippen LogP contribution in [0.5, 0.6) is 0 Å². The Balaban J connectivity index is 1.81. The van der Waals surface area contributed by atoms with Gasteiger partial charge in [0.15, 0.2) is 0 Å². The van der Waals surface area contributed by atoms with Gasteiger partial charge in [-0.2, -0.15) is 11.8 Å². The molecule has 1 saturated carbocycles. The maximum atomic E-state index is 3.75. The molecule has 1 atom stereocenters. The molecular formula is C17H29NS2. The van der Waals surface area contributed by atoms with Gasteiger partial charge in [-0.3, -0.25) is 0 Å². The second kappa shape index (κ2) is 9.11. The molecule has 1 aliphatic rings. The van der Waals surface area contributed by atoms with E-state index in [4.69, 9.17) is 0 Å². The Bertz CT molecular complexity index is 369. The Morgan fingerprint density at radius 2 is 2.00 bits per heavy atom. The molecule has 1 N–H and O–H groups in total. The van der Waals surface area contributed by atoms with E-state index in [9.17, 15) is 0 Å². The highest BCUT2D eigenvalue weighted by Gasteiger charge is 2.18. The molecule has 0 aliphatic heterocycles. The minimum absolute atomic E-state index is 0.656. The van der Waals surface area contributed by atoms with Gasteiger partial charge >= 0.3 is 0 Å². The van der Waals surface area contributed by atoms with Gasteiger partial charge in [0.2, 0.25) is 0 Å². The van der Waals surface area contributed by atoms with Crippen LogP contribution in [-0.2, 0) is 12.8 Å². The van der Waals surface area contributed by atoms with E-state index in [1.165, 1.54) is 55.6 Å². The van der Waals surface area contributed by atoms with Crippen LogP contribution in [-0.4, -0.2) is 23.6 Å². The van der Waals surface area contributed by atoms with E-state index in [2.05, 4.69) is 43.1 Å². The SMILES string of the molecule is CCCNC(CSC1CCCC1)Cc1ccc(CC)s1. The summed E-state index contributed by atoms with van der Waals surface area (Å²) in [6, 6.07) is 5.30. The summed E-state index contributed by atoms with van der Waals surface area (Å²) in [6.45, 7) is 5.66. The number of hydrogen-bond donors (Lipinski definition) is 1. The molecule has 114 valence electrons. The van der Waals surface area contributed by atoms with Gasteiger partial charge in [-0.25, -0.2) is 0 Å². The van der Waals surface area contributed by atoms with E-state index in [1.54, 1.807) is 4.88 Å². The highest BCUT2D eigenvalue weighted by molar-refractivity contribution is 7.99. The van der Waals surface area contributed by atoms with E-state index < -0.39 is 0 Å². The molecule has 1 heterocycles. The molecule has 1 aromatic rings. The summed E-state index contributed by atoms with van der Waals surface area (Å²) < 4.78 is 0. The average Bonchev–Trinajstić information content (AvgIpc) is 3.13. The minimum atomic E-state index is 0.656. The van der Waals surface area contributed by atoms with Gasteiger partial charge in [0.05, 0.1) is 0 Å². The lowest BCUT2D eigenvalue weighted by Gasteiger charge is -2.19. The molecule has 1 nitrogen and oxygen atoms in total. The van der Waals surface area contributed by atoms with E-state index in [0.29, 0.717) is 6.04 Å². The molecule has 0 aromatic carbocycles. The standard InChI is InChI=1S/C17H29NS2/c1-3-11-18-14(13-19-16-7-5-6-8-16)12-17-10-9-15(4-2)20-17/h9-10,14,16,18H,3-8,11-13H2,1-2H3. The van der Waals surface area contributed by atoms with Crippen LogP contribution in [0.2, 0.25) is 0 Å². The van der Waals surface area contributed by atoms with E-state index in [1.807, 2.05) is 11.3 Å². The molecule has 0 radical (unpaired) electrons. The summed E-state index contributed by atoms with van der Waals surface area (Å²) in [4.78, 5) is 3.08. The predicted molar refractivity (Wildman–Crippen MR) is 94.2 cm³/mol. The van der Waals surface area contributed by atoms with E-state index in [-0.39, 0.29) is 0 Å². The molecule has 0 spiro atoms. The monoisotopic (exact) mass is 311 g/mol. The lowest BCUT2D eigenvalue weighted by atomic mass is 10.2. The van der Waals surface area contributed by atoms with Crippen molar-refractivity contribution >= 4 is 23.1 Å². The second-order valence-corrected chi connectivity index (χ2v) is 8.40. The highest BCUT2D eigenvalue weighted by atomic mass is 32.2. The lowest BCUT2D eigenvalue weighted by molar-refractivity contribution is 0.552.